The molecule has 2 unspecified atom stereocenters. The molecule has 0 saturated heterocycles. The third-order valence-electron chi connectivity index (χ3n) is 10.6. The lowest BCUT2D eigenvalue weighted by atomic mass is 9.62. The minimum absolute atomic E-state index is 0.117. The molecule has 0 radical (unpaired) electrons. The van der Waals surface area contributed by atoms with Crippen molar-refractivity contribution in [1.29, 1.82) is 0 Å². The lowest BCUT2D eigenvalue weighted by molar-refractivity contribution is -0.0454. The van der Waals surface area contributed by atoms with E-state index in [1.165, 1.54) is 37.7 Å². The quantitative estimate of drug-likeness (QED) is 0.312. The van der Waals surface area contributed by atoms with Crippen molar-refractivity contribution in [3.63, 3.8) is 0 Å². The Morgan fingerprint density at radius 3 is 2.38 bits per heavy atom. The van der Waals surface area contributed by atoms with Crippen molar-refractivity contribution in [2.24, 2.45) is 23.2 Å². The van der Waals surface area contributed by atoms with Crippen LogP contribution in [-0.2, 0) is 9.16 Å². The number of rotatable bonds is 8. The van der Waals surface area contributed by atoms with Gasteiger partial charge < -0.3 is 19.4 Å². The maximum Gasteiger partial charge on any atom is 0.192 e. The van der Waals surface area contributed by atoms with Gasteiger partial charge in [-0.2, -0.15) is 0 Å². The molecule has 214 valence electrons. The zero-order chi connectivity index (χ0) is 27.8. The summed E-state index contributed by atoms with van der Waals surface area (Å²) in [6.07, 6.45) is 13.3. The van der Waals surface area contributed by atoms with Crippen LogP contribution in [0.2, 0.25) is 18.1 Å². The normalized spacial score (nSPS) is 36.7. The van der Waals surface area contributed by atoms with Gasteiger partial charge in [0.05, 0.1) is 23.9 Å². The predicted molar refractivity (Wildman–Crippen MR) is 157 cm³/mol. The summed E-state index contributed by atoms with van der Waals surface area (Å²) in [5.41, 5.74) is 2.55. The van der Waals surface area contributed by atoms with Gasteiger partial charge >= 0.3 is 0 Å². The monoisotopic (exact) mass is 534 g/mol. The molecular formula is C32H58O4Si. The van der Waals surface area contributed by atoms with E-state index in [4.69, 9.17) is 9.16 Å². The van der Waals surface area contributed by atoms with E-state index in [9.17, 15) is 10.2 Å². The smallest absolute Gasteiger partial charge is 0.192 e. The van der Waals surface area contributed by atoms with Crippen molar-refractivity contribution < 1.29 is 19.4 Å². The first-order valence-corrected chi connectivity index (χ1v) is 17.9. The van der Waals surface area contributed by atoms with E-state index in [2.05, 4.69) is 66.8 Å². The molecular weight excluding hydrogens is 476 g/mol. The molecule has 0 spiro atoms. The van der Waals surface area contributed by atoms with Crippen molar-refractivity contribution in [3.8, 4) is 0 Å². The molecule has 0 amide bonds. The third-order valence-corrected chi connectivity index (χ3v) is 15.1. The van der Waals surface area contributed by atoms with E-state index in [0.29, 0.717) is 24.9 Å². The minimum atomic E-state index is -1.87. The van der Waals surface area contributed by atoms with E-state index in [-0.39, 0.29) is 34.7 Å². The maximum absolute atomic E-state index is 10.9. The summed E-state index contributed by atoms with van der Waals surface area (Å²) in [5, 5.41) is 21.1. The van der Waals surface area contributed by atoms with Gasteiger partial charge in [0, 0.05) is 12.5 Å². The fourth-order valence-electron chi connectivity index (χ4n) is 7.03. The lowest BCUT2D eigenvalue weighted by Crippen LogP contribution is -2.46. The second-order valence-electron chi connectivity index (χ2n) is 15.0. The zero-order valence-corrected chi connectivity index (χ0v) is 26.7. The molecule has 0 aliphatic heterocycles. The highest BCUT2D eigenvalue weighted by atomic mass is 28.4. The first-order valence-electron chi connectivity index (χ1n) is 15.0. The van der Waals surface area contributed by atoms with Gasteiger partial charge in [-0.15, -0.1) is 0 Å². The van der Waals surface area contributed by atoms with Crippen LogP contribution in [0.5, 0.6) is 0 Å². The summed E-state index contributed by atoms with van der Waals surface area (Å²) in [7, 11) is -1.87. The van der Waals surface area contributed by atoms with Crippen molar-refractivity contribution in [3.05, 3.63) is 23.3 Å². The number of hydrogen-bond donors (Lipinski definition) is 2. The fraction of sp³-hybridized carbons (Fsp3) is 0.875. The van der Waals surface area contributed by atoms with Crippen LogP contribution in [0.4, 0.5) is 0 Å². The first-order chi connectivity index (χ1) is 16.9. The molecule has 37 heavy (non-hydrogen) atoms. The summed E-state index contributed by atoms with van der Waals surface area (Å²) in [5.74, 6) is 1.37. The van der Waals surface area contributed by atoms with Crippen LogP contribution in [0.15, 0.2) is 23.3 Å². The van der Waals surface area contributed by atoms with Gasteiger partial charge in [0.15, 0.2) is 8.32 Å². The number of hydrogen-bond acceptors (Lipinski definition) is 4. The van der Waals surface area contributed by atoms with Gasteiger partial charge in [-0.1, -0.05) is 57.9 Å². The van der Waals surface area contributed by atoms with Gasteiger partial charge in [0.1, 0.15) is 0 Å². The summed E-state index contributed by atoms with van der Waals surface area (Å²) in [6, 6.07) is 0. The van der Waals surface area contributed by atoms with Gasteiger partial charge in [0.25, 0.3) is 0 Å². The molecule has 3 aliphatic rings. The Bertz CT molecular complexity index is 833. The Morgan fingerprint density at radius 1 is 1.11 bits per heavy atom. The topological polar surface area (TPSA) is 58.9 Å². The van der Waals surface area contributed by atoms with Crippen LogP contribution < -0.4 is 0 Å². The Morgan fingerprint density at radius 2 is 1.76 bits per heavy atom. The summed E-state index contributed by atoms with van der Waals surface area (Å²) in [4.78, 5) is 0. The molecule has 2 N–H and O–H groups in total. The molecule has 0 aromatic rings. The predicted octanol–water partition coefficient (Wildman–Crippen LogP) is 7.80. The standard InChI is InChI=1S/C32H58O4Si/c1-22-25(20-26(21-29(22)33)36-37(9,10)30(3,4)5)14-13-24-12-11-17-32(8)27(15-16-28(24)32)23(2)35-19-18-31(6,7)34/h13-14,22-23,26-29,33-34H,11-12,15-21H2,1-10H3/b24-13+,25-14+/t22?,23-,26?,27+,28+,29-,32+/m0/s1. The number of fused-ring (bicyclic) bond motifs is 1. The van der Waals surface area contributed by atoms with E-state index in [0.717, 1.165) is 12.8 Å². The van der Waals surface area contributed by atoms with Crippen LogP contribution in [0, 0.1) is 23.2 Å². The molecule has 5 heteroatoms. The third kappa shape index (κ3) is 7.39. The SMILES string of the molecule is CC1/C(=C/C=C2\CCC[C@@]3(C)[C@@H]2CC[C@@H]3[C@H](C)OCCC(C)(C)O)CC(O[Si](C)(C)C(C)(C)C)C[C@@H]1O. The number of ether oxygens (including phenoxy) is 1. The van der Waals surface area contributed by atoms with Gasteiger partial charge in [-0.25, -0.2) is 0 Å². The van der Waals surface area contributed by atoms with E-state index in [1.54, 1.807) is 5.57 Å². The van der Waals surface area contributed by atoms with Gasteiger partial charge in [-0.3, -0.25) is 0 Å². The highest BCUT2D eigenvalue weighted by Crippen LogP contribution is 2.58. The number of allylic oxidation sites excluding steroid dienone is 3. The number of aliphatic hydroxyl groups excluding tert-OH is 1. The molecule has 0 heterocycles. The molecule has 3 saturated carbocycles. The molecule has 0 aromatic carbocycles. The second-order valence-corrected chi connectivity index (χ2v) is 19.8. The molecule has 3 fully saturated rings. The highest BCUT2D eigenvalue weighted by molar-refractivity contribution is 6.74. The second kappa shape index (κ2) is 11.6. The molecule has 3 aliphatic carbocycles. The molecule has 7 atom stereocenters. The summed E-state index contributed by atoms with van der Waals surface area (Å²) in [6.45, 7) is 22.8. The minimum Gasteiger partial charge on any atom is -0.414 e. The Labute approximate surface area is 229 Å². The Hall–Kier alpha value is -0.463. The average molecular weight is 535 g/mol. The number of aliphatic hydroxyl groups is 2. The highest BCUT2D eigenvalue weighted by Gasteiger charge is 2.51. The molecule has 0 aromatic heterocycles. The van der Waals surface area contributed by atoms with E-state index in [1.807, 2.05) is 13.8 Å². The van der Waals surface area contributed by atoms with Crippen molar-refractivity contribution in [2.45, 2.75) is 149 Å². The average Bonchev–Trinajstić information content (AvgIpc) is 3.10. The van der Waals surface area contributed by atoms with Gasteiger partial charge in [0.2, 0.25) is 0 Å². The summed E-state index contributed by atoms with van der Waals surface area (Å²) < 4.78 is 13.0. The van der Waals surface area contributed by atoms with Crippen LogP contribution >= 0.6 is 0 Å². The van der Waals surface area contributed by atoms with Gasteiger partial charge in [-0.05, 0) is 108 Å². The summed E-state index contributed by atoms with van der Waals surface area (Å²) >= 11 is 0. The van der Waals surface area contributed by atoms with Crippen LogP contribution in [0.25, 0.3) is 0 Å². The Balaban J connectivity index is 1.72. The maximum atomic E-state index is 10.9. The van der Waals surface area contributed by atoms with E-state index >= 15 is 0 Å². The Kier molecular flexibility index (Phi) is 9.71. The van der Waals surface area contributed by atoms with Crippen LogP contribution in [-0.4, -0.2) is 49.1 Å². The zero-order valence-electron chi connectivity index (χ0n) is 25.7. The molecule has 3 rings (SSSR count). The first kappa shape index (κ1) is 31.1. The molecule has 4 nitrogen and oxygen atoms in total. The van der Waals surface area contributed by atoms with Crippen molar-refractivity contribution in [2.75, 3.05) is 6.61 Å². The molecule has 0 bridgehead atoms. The van der Waals surface area contributed by atoms with E-state index < -0.39 is 13.9 Å². The fourth-order valence-corrected chi connectivity index (χ4v) is 8.40. The lowest BCUT2D eigenvalue weighted by Gasteiger charge is -2.44. The van der Waals surface area contributed by atoms with Crippen molar-refractivity contribution in [1.82, 2.24) is 0 Å². The van der Waals surface area contributed by atoms with Crippen LogP contribution in [0.3, 0.4) is 0 Å². The van der Waals surface area contributed by atoms with Crippen molar-refractivity contribution >= 4 is 8.32 Å². The van der Waals surface area contributed by atoms with Crippen LogP contribution in [0.1, 0.15) is 107 Å². The largest absolute Gasteiger partial charge is 0.414 e.